The maximum Gasteiger partial charge on any atom is 0.222 e. The predicted molar refractivity (Wildman–Crippen MR) is 142 cm³/mol. The molecule has 1 saturated heterocycles. The number of ether oxygens (including phenoxy) is 2. The van der Waals surface area contributed by atoms with Crippen molar-refractivity contribution in [1.29, 1.82) is 0 Å². The van der Waals surface area contributed by atoms with Crippen molar-refractivity contribution in [2.75, 3.05) is 26.7 Å². The zero-order chi connectivity index (χ0) is 22.8. The molecule has 1 amide bonds. The fourth-order valence-corrected chi connectivity index (χ4v) is 3.62. The van der Waals surface area contributed by atoms with Crippen molar-refractivity contribution in [2.24, 2.45) is 4.99 Å². The van der Waals surface area contributed by atoms with Crippen LogP contribution in [0.5, 0.6) is 11.5 Å². The number of rotatable bonds is 10. The number of methoxy groups -OCH3 is 1. The van der Waals surface area contributed by atoms with E-state index in [0.717, 1.165) is 48.1 Å². The van der Waals surface area contributed by atoms with Crippen molar-refractivity contribution in [1.82, 2.24) is 15.5 Å². The third kappa shape index (κ3) is 8.75. The normalized spacial score (nSPS) is 14.5. The van der Waals surface area contributed by atoms with E-state index in [4.69, 9.17) is 14.5 Å². The molecule has 2 aromatic carbocycles. The second kappa shape index (κ2) is 13.9. The number of aliphatic imine (C=N–C) groups is 1. The zero-order valence-corrected chi connectivity index (χ0v) is 22.0. The number of nitrogens with one attached hydrogen (secondary N) is 2. The lowest BCUT2D eigenvalue weighted by Crippen LogP contribution is -2.41. The van der Waals surface area contributed by atoms with Crippen LogP contribution >= 0.6 is 24.0 Å². The Morgan fingerprint density at radius 2 is 1.88 bits per heavy atom. The number of likely N-dealkylation sites (tertiary alicyclic amines) is 1. The van der Waals surface area contributed by atoms with Crippen molar-refractivity contribution in [3.05, 3.63) is 59.7 Å². The van der Waals surface area contributed by atoms with E-state index in [0.29, 0.717) is 26.1 Å². The van der Waals surface area contributed by atoms with E-state index >= 15 is 0 Å². The van der Waals surface area contributed by atoms with Crippen molar-refractivity contribution in [3.63, 3.8) is 0 Å². The van der Waals surface area contributed by atoms with Gasteiger partial charge in [0.05, 0.1) is 20.2 Å². The first-order chi connectivity index (χ1) is 15.6. The van der Waals surface area contributed by atoms with Crippen LogP contribution in [0.1, 0.15) is 37.8 Å². The molecule has 3 rings (SSSR count). The van der Waals surface area contributed by atoms with Gasteiger partial charge in [0.25, 0.3) is 0 Å². The number of hydrogen-bond acceptors (Lipinski definition) is 4. The van der Waals surface area contributed by atoms with Gasteiger partial charge in [-0.15, -0.1) is 24.0 Å². The number of nitrogens with zero attached hydrogens (tertiary/aromatic N) is 2. The van der Waals surface area contributed by atoms with Gasteiger partial charge < -0.3 is 25.0 Å². The standard InChI is InChI=1S/C25H34N4O3.HI/c1-4-26-25(27-16-19(2)32-23-11-6-10-22(15-23)31-3)28-17-20-8-5-9-21(14-20)18-29-13-7-12-24(29)30;/h5-6,8-11,14-15,19H,4,7,12-13,16-18H2,1-3H3,(H2,26,27,28);1H. The SMILES string of the molecule is CCNC(=NCc1cccc(CN2CCCC2=O)c1)NCC(C)Oc1cccc(OC)c1.I. The number of carbonyl (C=O) groups is 1. The van der Waals surface area contributed by atoms with Crippen molar-refractivity contribution >= 4 is 35.8 Å². The molecule has 0 aliphatic carbocycles. The van der Waals surface area contributed by atoms with Crippen LogP contribution in [0.25, 0.3) is 0 Å². The van der Waals surface area contributed by atoms with E-state index < -0.39 is 0 Å². The first-order valence-corrected chi connectivity index (χ1v) is 11.3. The molecule has 1 aliphatic rings. The van der Waals surface area contributed by atoms with Crippen molar-refractivity contribution in [2.45, 2.75) is 45.9 Å². The molecule has 1 aliphatic heterocycles. The highest BCUT2D eigenvalue weighted by molar-refractivity contribution is 14.0. The summed E-state index contributed by atoms with van der Waals surface area (Å²) in [6.07, 6.45) is 1.58. The van der Waals surface area contributed by atoms with E-state index in [2.05, 4.69) is 28.8 Å². The maximum atomic E-state index is 11.9. The first kappa shape index (κ1) is 26.8. The summed E-state index contributed by atoms with van der Waals surface area (Å²) in [6, 6.07) is 15.9. The summed E-state index contributed by atoms with van der Waals surface area (Å²) in [4.78, 5) is 18.5. The Morgan fingerprint density at radius 1 is 1.12 bits per heavy atom. The van der Waals surface area contributed by atoms with Gasteiger partial charge in [-0.25, -0.2) is 4.99 Å². The average molecular weight is 566 g/mol. The largest absolute Gasteiger partial charge is 0.497 e. The highest BCUT2D eigenvalue weighted by Gasteiger charge is 2.19. The van der Waals surface area contributed by atoms with Crippen LogP contribution in [0, 0.1) is 0 Å². The smallest absolute Gasteiger partial charge is 0.222 e. The predicted octanol–water partition coefficient (Wildman–Crippen LogP) is 3.96. The van der Waals surface area contributed by atoms with Crippen LogP contribution in [-0.2, 0) is 17.9 Å². The number of hydrogen-bond donors (Lipinski definition) is 2. The molecule has 8 heteroatoms. The highest BCUT2D eigenvalue weighted by Crippen LogP contribution is 2.20. The average Bonchev–Trinajstić information content (AvgIpc) is 3.20. The van der Waals surface area contributed by atoms with Crippen LogP contribution < -0.4 is 20.1 Å². The van der Waals surface area contributed by atoms with Crippen LogP contribution in [0.2, 0.25) is 0 Å². The molecule has 33 heavy (non-hydrogen) atoms. The molecule has 0 aromatic heterocycles. The Labute approximate surface area is 214 Å². The summed E-state index contributed by atoms with van der Waals surface area (Å²) in [6.45, 7) is 7.52. The molecule has 180 valence electrons. The van der Waals surface area contributed by atoms with E-state index in [9.17, 15) is 4.79 Å². The minimum atomic E-state index is -0.0488. The Balaban J connectivity index is 0.00000385. The Hall–Kier alpha value is -2.49. The van der Waals surface area contributed by atoms with Gasteiger partial charge in [-0.2, -0.15) is 0 Å². The third-order valence-corrected chi connectivity index (χ3v) is 5.24. The quantitative estimate of drug-likeness (QED) is 0.259. The molecule has 1 fully saturated rings. The Bertz CT molecular complexity index is 922. The molecule has 0 bridgehead atoms. The van der Waals surface area contributed by atoms with Gasteiger partial charge >= 0.3 is 0 Å². The maximum absolute atomic E-state index is 11.9. The van der Waals surface area contributed by atoms with Gasteiger partial charge in [0, 0.05) is 32.1 Å². The minimum absolute atomic E-state index is 0. The summed E-state index contributed by atoms with van der Waals surface area (Å²) >= 11 is 0. The van der Waals surface area contributed by atoms with Gasteiger partial charge in [-0.1, -0.05) is 30.3 Å². The van der Waals surface area contributed by atoms with Gasteiger partial charge in [0.2, 0.25) is 5.91 Å². The zero-order valence-electron chi connectivity index (χ0n) is 19.7. The van der Waals surface area contributed by atoms with Gasteiger partial charge in [0.15, 0.2) is 5.96 Å². The topological polar surface area (TPSA) is 75.2 Å². The Morgan fingerprint density at radius 3 is 2.61 bits per heavy atom. The first-order valence-electron chi connectivity index (χ1n) is 11.3. The number of amides is 1. The van der Waals surface area contributed by atoms with Crippen molar-refractivity contribution in [3.8, 4) is 11.5 Å². The van der Waals surface area contributed by atoms with Gasteiger partial charge in [0.1, 0.15) is 17.6 Å². The second-order valence-electron chi connectivity index (χ2n) is 7.92. The van der Waals surface area contributed by atoms with Crippen LogP contribution in [-0.4, -0.2) is 49.6 Å². The summed E-state index contributed by atoms with van der Waals surface area (Å²) < 4.78 is 11.2. The molecular formula is C25H35IN4O3. The molecule has 0 saturated carbocycles. The molecule has 2 N–H and O–H groups in total. The molecule has 1 unspecified atom stereocenters. The van der Waals surface area contributed by atoms with E-state index in [1.807, 2.05) is 49.1 Å². The molecule has 1 atom stereocenters. The fraction of sp³-hybridized carbons (Fsp3) is 0.440. The number of carbonyl (C=O) groups excluding carboxylic acids is 1. The van der Waals surface area contributed by atoms with Crippen LogP contribution in [0.4, 0.5) is 0 Å². The number of halogens is 1. The lowest BCUT2D eigenvalue weighted by Gasteiger charge is -2.18. The van der Waals surface area contributed by atoms with Crippen molar-refractivity contribution < 1.29 is 14.3 Å². The fourth-order valence-electron chi connectivity index (χ4n) is 3.62. The molecule has 0 radical (unpaired) electrons. The molecule has 0 spiro atoms. The van der Waals surface area contributed by atoms with E-state index in [1.165, 1.54) is 0 Å². The van der Waals surface area contributed by atoms with Crippen LogP contribution in [0.15, 0.2) is 53.5 Å². The second-order valence-corrected chi connectivity index (χ2v) is 7.92. The molecular weight excluding hydrogens is 531 g/mol. The van der Waals surface area contributed by atoms with E-state index in [1.54, 1.807) is 7.11 Å². The van der Waals surface area contributed by atoms with Crippen LogP contribution in [0.3, 0.4) is 0 Å². The molecule has 1 heterocycles. The summed E-state index contributed by atoms with van der Waals surface area (Å²) in [5.41, 5.74) is 2.26. The Kier molecular flexibility index (Phi) is 11.3. The summed E-state index contributed by atoms with van der Waals surface area (Å²) in [5.74, 6) is 2.54. The summed E-state index contributed by atoms with van der Waals surface area (Å²) in [7, 11) is 1.64. The monoisotopic (exact) mass is 566 g/mol. The van der Waals surface area contributed by atoms with Gasteiger partial charge in [-0.05, 0) is 43.5 Å². The minimum Gasteiger partial charge on any atom is -0.497 e. The summed E-state index contributed by atoms with van der Waals surface area (Å²) in [5, 5.41) is 6.63. The molecule has 7 nitrogen and oxygen atoms in total. The molecule has 2 aromatic rings. The number of benzene rings is 2. The lowest BCUT2D eigenvalue weighted by atomic mass is 10.1. The number of guanidine groups is 1. The lowest BCUT2D eigenvalue weighted by molar-refractivity contribution is -0.128. The third-order valence-electron chi connectivity index (χ3n) is 5.24. The van der Waals surface area contributed by atoms with Gasteiger partial charge in [-0.3, -0.25) is 4.79 Å². The highest BCUT2D eigenvalue weighted by atomic mass is 127. The van der Waals surface area contributed by atoms with E-state index in [-0.39, 0.29) is 36.0 Å².